The van der Waals surface area contributed by atoms with Crippen LogP contribution in [0.5, 0.6) is 0 Å². The van der Waals surface area contributed by atoms with Gasteiger partial charge in [-0.3, -0.25) is 5.10 Å². The highest BCUT2D eigenvalue weighted by Gasteiger charge is 2.06. The maximum Gasteiger partial charge on any atom is 0.229 e. The third-order valence-electron chi connectivity index (χ3n) is 4.38. The summed E-state index contributed by atoms with van der Waals surface area (Å²) in [6.45, 7) is 0. The van der Waals surface area contributed by atoms with Crippen LogP contribution >= 0.6 is 0 Å². The molecule has 0 bridgehead atoms. The summed E-state index contributed by atoms with van der Waals surface area (Å²) in [5.74, 6) is 1.20. The predicted molar refractivity (Wildman–Crippen MR) is 105 cm³/mol. The lowest BCUT2D eigenvalue weighted by molar-refractivity contribution is 0.948. The zero-order valence-corrected chi connectivity index (χ0v) is 14.5. The minimum atomic E-state index is 0.509. The Hall–Kier alpha value is -3.94. The first-order valence-corrected chi connectivity index (χ1v) is 8.46. The van der Waals surface area contributed by atoms with Crippen molar-refractivity contribution in [3.05, 3.63) is 61.2 Å². The van der Waals surface area contributed by atoms with Crippen molar-refractivity contribution >= 4 is 45.1 Å². The quantitative estimate of drug-likeness (QED) is 0.454. The van der Waals surface area contributed by atoms with Crippen molar-refractivity contribution < 1.29 is 0 Å². The molecule has 2 aromatic carbocycles. The van der Waals surface area contributed by atoms with Crippen molar-refractivity contribution in [1.29, 1.82) is 0 Å². The van der Waals surface area contributed by atoms with Gasteiger partial charge in [0, 0.05) is 24.3 Å². The number of anilines is 4. The van der Waals surface area contributed by atoms with Crippen LogP contribution in [0.25, 0.3) is 21.9 Å². The summed E-state index contributed by atoms with van der Waals surface area (Å²) in [5, 5.41) is 14.6. The Morgan fingerprint density at radius 1 is 1.04 bits per heavy atom. The maximum absolute atomic E-state index is 4.55. The molecule has 5 rings (SSSR count). The van der Waals surface area contributed by atoms with E-state index in [0.29, 0.717) is 11.8 Å². The minimum absolute atomic E-state index is 0.509. The van der Waals surface area contributed by atoms with Crippen LogP contribution in [0.15, 0.2) is 61.2 Å². The molecule has 8 heteroatoms. The van der Waals surface area contributed by atoms with Crippen LogP contribution in [0.2, 0.25) is 0 Å². The van der Waals surface area contributed by atoms with Gasteiger partial charge in [-0.05, 0) is 36.4 Å². The molecule has 0 aliphatic heterocycles. The lowest BCUT2D eigenvalue weighted by Crippen LogP contribution is -2.00. The summed E-state index contributed by atoms with van der Waals surface area (Å²) in [4.78, 5) is 13.2. The third kappa shape index (κ3) is 2.82. The lowest BCUT2D eigenvalue weighted by atomic mass is 10.2. The molecule has 132 valence electrons. The van der Waals surface area contributed by atoms with Gasteiger partial charge in [-0.15, -0.1) is 0 Å². The Balaban J connectivity index is 1.42. The Kier molecular flexibility index (Phi) is 3.46. The number of fused-ring (bicyclic) bond motifs is 2. The van der Waals surface area contributed by atoms with E-state index >= 15 is 0 Å². The van der Waals surface area contributed by atoms with Crippen molar-refractivity contribution in [3.63, 3.8) is 0 Å². The summed E-state index contributed by atoms with van der Waals surface area (Å²) in [6, 6.07) is 13.7. The highest BCUT2D eigenvalue weighted by molar-refractivity contribution is 5.92. The van der Waals surface area contributed by atoms with Crippen LogP contribution in [-0.2, 0) is 7.05 Å². The van der Waals surface area contributed by atoms with E-state index in [1.165, 1.54) is 0 Å². The number of aromatic amines is 1. The first-order chi connectivity index (χ1) is 13.3. The minimum Gasteiger partial charge on any atom is -0.339 e. The normalized spacial score (nSPS) is 11.1. The van der Waals surface area contributed by atoms with Crippen molar-refractivity contribution in [3.8, 4) is 0 Å². The Morgan fingerprint density at radius 3 is 2.96 bits per heavy atom. The molecule has 0 atom stereocenters. The maximum atomic E-state index is 4.55. The highest BCUT2D eigenvalue weighted by atomic mass is 15.1. The van der Waals surface area contributed by atoms with Crippen LogP contribution in [0.4, 0.5) is 23.1 Å². The standard InChI is InChI=1S/C19H16N8/c1-27-11-21-16-9-12(5-6-17(16)27)23-19-20-8-7-18(25-19)24-14-3-2-4-15-13(14)10-22-26-15/h2-11H,1H3,(H,22,26)(H2,20,23,24,25). The molecule has 8 nitrogen and oxygen atoms in total. The first-order valence-electron chi connectivity index (χ1n) is 8.46. The second-order valence-corrected chi connectivity index (χ2v) is 6.21. The van der Waals surface area contributed by atoms with Crippen molar-refractivity contribution in [2.24, 2.45) is 7.05 Å². The molecule has 0 aliphatic carbocycles. The Morgan fingerprint density at radius 2 is 2.00 bits per heavy atom. The molecule has 0 unspecified atom stereocenters. The molecule has 0 saturated carbocycles. The van der Waals surface area contributed by atoms with Gasteiger partial charge >= 0.3 is 0 Å². The average Bonchev–Trinajstić information content (AvgIpc) is 3.30. The van der Waals surface area contributed by atoms with Gasteiger partial charge in [-0.2, -0.15) is 10.1 Å². The van der Waals surface area contributed by atoms with E-state index in [2.05, 4.69) is 35.8 Å². The molecule has 3 N–H and O–H groups in total. The summed E-state index contributed by atoms with van der Waals surface area (Å²) in [6.07, 6.45) is 5.30. The smallest absolute Gasteiger partial charge is 0.229 e. The molecule has 3 aromatic heterocycles. The fraction of sp³-hybridized carbons (Fsp3) is 0.0526. The number of hydrogen-bond acceptors (Lipinski definition) is 6. The van der Waals surface area contributed by atoms with Gasteiger partial charge in [0.2, 0.25) is 5.95 Å². The number of benzene rings is 2. The van der Waals surface area contributed by atoms with Gasteiger partial charge in [0.05, 0.1) is 34.8 Å². The summed E-state index contributed by atoms with van der Waals surface area (Å²) in [5.41, 5.74) is 4.78. The van der Waals surface area contributed by atoms with Gasteiger partial charge in [-0.1, -0.05) is 6.07 Å². The monoisotopic (exact) mass is 356 g/mol. The fourth-order valence-corrected chi connectivity index (χ4v) is 3.05. The number of aromatic nitrogens is 6. The largest absolute Gasteiger partial charge is 0.339 e. The van der Waals surface area contributed by atoms with Gasteiger partial charge in [-0.25, -0.2) is 9.97 Å². The molecule has 3 heterocycles. The molecule has 0 fully saturated rings. The number of nitrogens with zero attached hydrogens (tertiary/aromatic N) is 5. The molecule has 0 aliphatic rings. The lowest BCUT2D eigenvalue weighted by Gasteiger charge is -2.09. The number of nitrogens with one attached hydrogen (secondary N) is 3. The average molecular weight is 356 g/mol. The van der Waals surface area contributed by atoms with Crippen molar-refractivity contribution in [2.45, 2.75) is 0 Å². The number of rotatable bonds is 4. The van der Waals surface area contributed by atoms with E-state index in [1.807, 2.05) is 54.1 Å². The van der Waals surface area contributed by atoms with Crippen molar-refractivity contribution in [2.75, 3.05) is 10.6 Å². The van der Waals surface area contributed by atoms with Gasteiger partial charge < -0.3 is 15.2 Å². The van der Waals surface area contributed by atoms with Gasteiger partial charge in [0.1, 0.15) is 5.82 Å². The van der Waals surface area contributed by atoms with Crippen LogP contribution in [0, 0.1) is 0 Å². The SMILES string of the molecule is Cn1cnc2cc(Nc3nccc(Nc4cccc5[nH]ncc45)n3)ccc21. The van der Waals surface area contributed by atoms with E-state index in [-0.39, 0.29) is 0 Å². The third-order valence-corrected chi connectivity index (χ3v) is 4.38. The highest BCUT2D eigenvalue weighted by Crippen LogP contribution is 2.25. The molecule has 27 heavy (non-hydrogen) atoms. The van der Waals surface area contributed by atoms with Crippen LogP contribution in [0.3, 0.4) is 0 Å². The molecule has 0 saturated heterocycles. The van der Waals surface area contributed by atoms with E-state index in [1.54, 1.807) is 18.7 Å². The zero-order chi connectivity index (χ0) is 18.2. The summed E-state index contributed by atoms with van der Waals surface area (Å²) >= 11 is 0. The van der Waals surface area contributed by atoms with Crippen LogP contribution in [0.1, 0.15) is 0 Å². The summed E-state index contributed by atoms with van der Waals surface area (Å²) < 4.78 is 1.98. The van der Waals surface area contributed by atoms with Gasteiger partial charge in [0.25, 0.3) is 0 Å². The van der Waals surface area contributed by atoms with E-state index in [4.69, 9.17) is 0 Å². The first kappa shape index (κ1) is 15.3. The zero-order valence-electron chi connectivity index (χ0n) is 14.5. The topological polar surface area (TPSA) is 96.3 Å². The molecular formula is C19H16N8. The number of imidazole rings is 1. The van der Waals surface area contributed by atoms with Crippen LogP contribution < -0.4 is 10.6 Å². The molecule has 5 aromatic rings. The van der Waals surface area contributed by atoms with E-state index in [0.717, 1.165) is 33.3 Å². The summed E-state index contributed by atoms with van der Waals surface area (Å²) in [7, 11) is 1.97. The fourth-order valence-electron chi connectivity index (χ4n) is 3.05. The Labute approximate surface area is 154 Å². The molecule has 0 radical (unpaired) electrons. The number of hydrogen-bond donors (Lipinski definition) is 3. The second-order valence-electron chi connectivity index (χ2n) is 6.21. The van der Waals surface area contributed by atoms with E-state index < -0.39 is 0 Å². The number of aryl methyl sites for hydroxylation is 1. The van der Waals surface area contributed by atoms with Crippen molar-refractivity contribution in [1.82, 2.24) is 29.7 Å². The van der Waals surface area contributed by atoms with Gasteiger partial charge in [0.15, 0.2) is 0 Å². The van der Waals surface area contributed by atoms with Crippen LogP contribution in [-0.4, -0.2) is 29.7 Å². The van der Waals surface area contributed by atoms with E-state index in [9.17, 15) is 0 Å². The predicted octanol–water partition coefficient (Wildman–Crippen LogP) is 3.73. The molecule has 0 amide bonds. The molecular weight excluding hydrogens is 340 g/mol. The number of H-pyrrole nitrogens is 1. The Bertz CT molecular complexity index is 1250. The second kappa shape index (κ2) is 6.10. The molecule has 0 spiro atoms.